The number of amides is 2. The van der Waals surface area contributed by atoms with E-state index in [-0.39, 0.29) is 22.9 Å². The maximum absolute atomic E-state index is 11.4. The molecule has 0 spiro atoms. The Morgan fingerprint density at radius 1 is 1.15 bits per heavy atom. The third-order valence-electron chi connectivity index (χ3n) is 5.76. The summed E-state index contributed by atoms with van der Waals surface area (Å²) in [6, 6.07) is 14.1. The van der Waals surface area contributed by atoms with Crippen molar-refractivity contribution in [1.82, 2.24) is 10.6 Å². The highest BCUT2D eigenvalue weighted by Gasteiger charge is 2.46. The number of fused-ring (bicyclic) bond motifs is 1. The molecule has 27 heavy (non-hydrogen) atoms. The van der Waals surface area contributed by atoms with Gasteiger partial charge in [-0.05, 0) is 52.5 Å². The van der Waals surface area contributed by atoms with Gasteiger partial charge in [0.1, 0.15) is 0 Å². The van der Waals surface area contributed by atoms with E-state index in [0.29, 0.717) is 6.42 Å². The minimum absolute atomic E-state index is 0.0280. The van der Waals surface area contributed by atoms with Crippen molar-refractivity contribution < 1.29 is 14.7 Å². The highest BCUT2D eigenvalue weighted by Crippen LogP contribution is 2.52. The Hall–Kier alpha value is -2.56. The number of benzene rings is 2. The van der Waals surface area contributed by atoms with Crippen molar-refractivity contribution in [2.45, 2.75) is 52.1 Å². The van der Waals surface area contributed by atoms with Crippen molar-refractivity contribution >= 4 is 23.3 Å². The lowest BCUT2D eigenvalue weighted by atomic mass is 9.59. The quantitative estimate of drug-likeness (QED) is 0.681. The minimum Gasteiger partial charge on any atom is -0.465 e. The van der Waals surface area contributed by atoms with Gasteiger partial charge in [0, 0.05) is 6.04 Å². The number of carbonyl (C=O) groups excluding carboxylic acids is 1. The zero-order valence-electron chi connectivity index (χ0n) is 16.2. The summed E-state index contributed by atoms with van der Waals surface area (Å²) >= 11 is 0. The van der Waals surface area contributed by atoms with Crippen molar-refractivity contribution in [1.29, 1.82) is 0 Å². The predicted octanol–water partition coefficient (Wildman–Crippen LogP) is 4.48. The molecule has 1 aliphatic rings. The van der Waals surface area contributed by atoms with Crippen LogP contribution < -0.4 is 10.6 Å². The van der Waals surface area contributed by atoms with Crippen LogP contribution in [0.2, 0.25) is 0 Å². The molecule has 2 aromatic rings. The molecule has 1 saturated carbocycles. The Balaban J connectivity index is 2.00. The van der Waals surface area contributed by atoms with Gasteiger partial charge in [-0.15, -0.1) is 0 Å². The van der Waals surface area contributed by atoms with Gasteiger partial charge in [-0.3, -0.25) is 4.79 Å². The van der Waals surface area contributed by atoms with E-state index >= 15 is 0 Å². The fraction of sp³-hybridized carbons (Fsp3) is 0.455. The largest absolute Gasteiger partial charge is 0.465 e. The molecule has 0 bridgehead atoms. The zero-order valence-corrected chi connectivity index (χ0v) is 16.2. The number of carbonyl (C=O) groups is 2. The Bertz CT molecular complexity index is 848. The average molecular weight is 368 g/mol. The van der Waals surface area contributed by atoms with Crippen LogP contribution in [0, 0.1) is 10.8 Å². The maximum atomic E-state index is 11.4. The van der Waals surface area contributed by atoms with Crippen LogP contribution in [0.15, 0.2) is 42.5 Å². The molecule has 5 nitrogen and oxygen atoms in total. The van der Waals surface area contributed by atoms with Gasteiger partial charge < -0.3 is 15.7 Å². The van der Waals surface area contributed by atoms with Crippen LogP contribution in [-0.4, -0.2) is 23.7 Å². The van der Waals surface area contributed by atoms with Crippen LogP contribution in [0.3, 0.4) is 0 Å². The Morgan fingerprint density at radius 3 is 2.52 bits per heavy atom. The molecule has 3 unspecified atom stereocenters. The first-order valence-corrected chi connectivity index (χ1v) is 9.40. The molecule has 3 rings (SSSR count). The van der Waals surface area contributed by atoms with E-state index in [4.69, 9.17) is 0 Å². The van der Waals surface area contributed by atoms with Crippen molar-refractivity contribution in [2.24, 2.45) is 10.8 Å². The first-order valence-electron chi connectivity index (χ1n) is 9.40. The number of rotatable bonds is 5. The lowest BCUT2D eigenvalue weighted by molar-refractivity contribution is -0.111. The molecule has 2 amide bonds. The van der Waals surface area contributed by atoms with Crippen LogP contribution in [-0.2, 0) is 4.79 Å². The van der Waals surface area contributed by atoms with Gasteiger partial charge in [-0.2, -0.15) is 0 Å². The summed E-state index contributed by atoms with van der Waals surface area (Å²) in [6.45, 7) is 6.49. The van der Waals surface area contributed by atoms with E-state index in [0.717, 1.165) is 35.6 Å². The average Bonchev–Trinajstić information content (AvgIpc) is 2.56. The van der Waals surface area contributed by atoms with Crippen molar-refractivity contribution in [3.63, 3.8) is 0 Å². The fourth-order valence-electron chi connectivity index (χ4n) is 5.19. The molecule has 0 saturated heterocycles. The topological polar surface area (TPSA) is 78.4 Å². The van der Waals surface area contributed by atoms with Crippen LogP contribution >= 0.6 is 0 Å². The molecule has 1 fully saturated rings. The van der Waals surface area contributed by atoms with Crippen LogP contribution in [0.4, 0.5) is 4.79 Å². The summed E-state index contributed by atoms with van der Waals surface area (Å²) in [5.74, 6) is 0. The monoisotopic (exact) mass is 368 g/mol. The molecule has 1 aliphatic carbocycles. The third kappa shape index (κ3) is 4.24. The lowest BCUT2D eigenvalue weighted by Crippen LogP contribution is -2.50. The van der Waals surface area contributed by atoms with E-state index in [1.165, 1.54) is 0 Å². The number of nitrogens with one attached hydrogen (secondary N) is 2. The highest BCUT2D eigenvalue weighted by molar-refractivity contribution is 5.83. The second kappa shape index (κ2) is 7.22. The Morgan fingerprint density at radius 2 is 1.85 bits per heavy atom. The lowest BCUT2D eigenvalue weighted by Gasteiger charge is -2.50. The summed E-state index contributed by atoms with van der Waals surface area (Å²) < 4.78 is 0. The third-order valence-corrected chi connectivity index (χ3v) is 5.76. The Labute approximate surface area is 160 Å². The van der Waals surface area contributed by atoms with Gasteiger partial charge in [0.25, 0.3) is 0 Å². The van der Waals surface area contributed by atoms with Gasteiger partial charge in [0.15, 0.2) is 0 Å². The van der Waals surface area contributed by atoms with Crippen molar-refractivity contribution in [3.8, 4) is 0 Å². The molecular formula is C22H28N2O3. The zero-order chi connectivity index (χ0) is 19.7. The standard InChI is InChI=1S/C22H28N2O3/c1-21(2)11-18(24-20(26)27)12-22(3,13-21)19(23-14-25)17-9-8-15-6-4-5-7-16(15)10-17/h4-10,14,18-19,24H,11-13H2,1-3H3,(H,23,25)(H,26,27). The second-order valence-corrected chi connectivity index (χ2v) is 8.87. The first-order chi connectivity index (χ1) is 12.7. The van der Waals surface area contributed by atoms with E-state index < -0.39 is 6.09 Å². The molecule has 144 valence electrons. The molecule has 0 aliphatic heterocycles. The fourth-order valence-corrected chi connectivity index (χ4v) is 5.19. The van der Waals surface area contributed by atoms with Gasteiger partial charge >= 0.3 is 6.09 Å². The molecule has 0 radical (unpaired) electrons. The first kappa shape index (κ1) is 19.2. The van der Waals surface area contributed by atoms with Gasteiger partial charge in [-0.25, -0.2) is 4.79 Å². The number of hydrogen-bond acceptors (Lipinski definition) is 2. The van der Waals surface area contributed by atoms with Gasteiger partial charge in [0.05, 0.1) is 6.04 Å². The van der Waals surface area contributed by atoms with Gasteiger partial charge in [0.2, 0.25) is 6.41 Å². The van der Waals surface area contributed by atoms with E-state index in [1.54, 1.807) is 0 Å². The summed E-state index contributed by atoms with van der Waals surface area (Å²) in [7, 11) is 0. The smallest absolute Gasteiger partial charge is 0.404 e. The molecule has 0 heterocycles. The SMILES string of the molecule is CC1(C)CC(NC(=O)O)CC(C)(C(NC=O)c2ccc3ccccc3c2)C1. The second-order valence-electron chi connectivity index (χ2n) is 8.87. The highest BCUT2D eigenvalue weighted by atomic mass is 16.4. The summed E-state index contributed by atoms with van der Waals surface area (Å²) in [5.41, 5.74) is 0.757. The molecular weight excluding hydrogens is 340 g/mol. The van der Waals surface area contributed by atoms with E-state index in [2.05, 4.69) is 61.7 Å². The predicted molar refractivity (Wildman–Crippen MR) is 107 cm³/mol. The van der Waals surface area contributed by atoms with Crippen LogP contribution in [0.1, 0.15) is 51.6 Å². The van der Waals surface area contributed by atoms with E-state index in [1.807, 2.05) is 12.1 Å². The van der Waals surface area contributed by atoms with Crippen LogP contribution in [0.5, 0.6) is 0 Å². The summed E-state index contributed by atoms with van der Waals surface area (Å²) in [6.07, 6.45) is 2.13. The van der Waals surface area contributed by atoms with E-state index in [9.17, 15) is 14.7 Å². The summed E-state index contributed by atoms with van der Waals surface area (Å²) in [5, 5.41) is 17.2. The number of hydrogen-bond donors (Lipinski definition) is 3. The van der Waals surface area contributed by atoms with Gasteiger partial charge in [-0.1, -0.05) is 57.2 Å². The van der Waals surface area contributed by atoms with Crippen molar-refractivity contribution in [2.75, 3.05) is 0 Å². The van der Waals surface area contributed by atoms with Crippen LogP contribution in [0.25, 0.3) is 10.8 Å². The number of carboxylic acid groups (broad SMARTS) is 1. The molecule has 5 heteroatoms. The summed E-state index contributed by atoms with van der Waals surface area (Å²) in [4.78, 5) is 22.7. The molecule has 0 aromatic heterocycles. The maximum Gasteiger partial charge on any atom is 0.404 e. The molecule has 3 N–H and O–H groups in total. The Kier molecular flexibility index (Phi) is 5.13. The van der Waals surface area contributed by atoms with Crippen molar-refractivity contribution in [3.05, 3.63) is 48.0 Å². The minimum atomic E-state index is -0.995. The molecule has 3 atom stereocenters. The normalized spacial score (nSPS) is 25.5. The molecule has 2 aromatic carbocycles.